The molecule has 1 fully saturated rings. The number of hydrogen-bond donors (Lipinski definition) is 1. The van der Waals surface area contributed by atoms with Gasteiger partial charge in [-0.25, -0.2) is 4.79 Å². The van der Waals surface area contributed by atoms with Crippen LogP contribution in [0.2, 0.25) is 0 Å². The summed E-state index contributed by atoms with van der Waals surface area (Å²) in [4.78, 5) is 25.2. The first-order valence-corrected chi connectivity index (χ1v) is 8.03. The first-order chi connectivity index (χ1) is 11.5. The zero-order valence-electron chi connectivity index (χ0n) is 13.6. The highest BCUT2D eigenvalue weighted by molar-refractivity contribution is 5.87. The van der Waals surface area contributed by atoms with E-state index in [-0.39, 0.29) is 12.3 Å². The molecule has 0 radical (unpaired) electrons. The van der Waals surface area contributed by atoms with Gasteiger partial charge in [0.05, 0.1) is 17.7 Å². The van der Waals surface area contributed by atoms with Gasteiger partial charge in [0.25, 0.3) is 0 Å². The Balaban J connectivity index is 1.56. The molecule has 6 heteroatoms. The van der Waals surface area contributed by atoms with Crippen molar-refractivity contribution in [1.29, 1.82) is 0 Å². The van der Waals surface area contributed by atoms with Crippen LogP contribution in [0, 0.1) is 12.8 Å². The molecule has 1 amide bonds. The molecule has 126 valence electrons. The predicted octanol–water partition coefficient (Wildman–Crippen LogP) is 2.31. The molecule has 2 aromatic rings. The van der Waals surface area contributed by atoms with Crippen LogP contribution in [-0.2, 0) is 17.6 Å². The van der Waals surface area contributed by atoms with Gasteiger partial charge in [0.2, 0.25) is 5.91 Å². The van der Waals surface area contributed by atoms with Crippen molar-refractivity contribution >= 4 is 11.9 Å². The number of aromatic carboxylic acids is 1. The van der Waals surface area contributed by atoms with Crippen LogP contribution in [-0.4, -0.2) is 40.1 Å². The van der Waals surface area contributed by atoms with E-state index in [0.717, 1.165) is 30.6 Å². The SMILES string of the molecule is Cc1cc(CC(=O)N2CCC(Cc3cccc(C(=O)O)c3)C2)on1. The second kappa shape index (κ2) is 6.86. The lowest BCUT2D eigenvalue weighted by atomic mass is 9.97. The molecule has 1 N–H and O–H groups in total. The van der Waals surface area contributed by atoms with Crippen molar-refractivity contribution in [2.45, 2.75) is 26.2 Å². The van der Waals surface area contributed by atoms with Gasteiger partial charge in [-0.2, -0.15) is 0 Å². The Morgan fingerprint density at radius 2 is 2.21 bits per heavy atom. The third-order valence-electron chi connectivity index (χ3n) is 4.34. The summed E-state index contributed by atoms with van der Waals surface area (Å²) in [6.45, 7) is 3.26. The summed E-state index contributed by atoms with van der Waals surface area (Å²) in [7, 11) is 0. The second-order valence-corrected chi connectivity index (χ2v) is 6.32. The van der Waals surface area contributed by atoms with E-state index in [2.05, 4.69) is 5.16 Å². The van der Waals surface area contributed by atoms with Gasteiger partial charge < -0.3 is 14.5 Å². The number of carbonyl (C=O) groups is 2. The fraction of sp³-hybridized carbons (Fsp3) is 0.389. The van der Waals surface area contributed by atoms with E-state index in [1.54, 1.807) is 24.3 Å². The number of aromatic nitrogens is 1. The average molecular weight is 328 g/mol. The van der Waals surface area contributed by atoms with Gasteiger partial charge in [0, 0.05) is 19.2 Å². The lowest BCUT2D eigenvalue weighted by Crippen LogP contribution is -2.30. The van der Waals surface area contributed by atoms with Crippen molar-refractivity contribution in [2.75, 3.05) is 13.1 Å². The van der Waals surface area contributed by atoms with Crippen molar-refractivity contribution in [3.8, 4) is 0 Å². The van der Waals surface area contributed by atoms with E-state index in [4.69, 9.17) is 9.63 Å². The molecule has 1 unspecified atom stereocenters. The molecule has 3 rings (SSSR count). The van der Waals surface area contributed by atoms with Crippen LogP contribution in [0.1, 0.15) is 33.8 Å². The summed E-state index contributed by atoms with van der Waals surface area (Å²) in [6, 6.07) is 8.79. The fourth-order valence-electron chi connectivity index (χ4n) is 3.15. The highest BCUT2D eigenvalue weighted by Crippen LogP contribution is 2.22. The zero-order chi connectivity index (χ0) is 17.1. The number of carboxylic acid groups (broad SMARTS) is 1. The molecule has 1 aliphatic heterocycles. The van der Waals surface area contributed by atoms with Gasteiger partial charge in [-0.3, -0.25) is 4.79 Å². The summed E-state index contributed by atoms with van der Waals surface area (Å²) in [5, 5.41) is 12.9. The maximum atomic E-state index is 12.3. The molecule has 1 saturated heterocycles. The fourth-order valence-corrected chi connectivity index (χ4v) is 3.15. The van der Waals surface area contributed by atoms with Crippen molar-refractivity contribution in [1.82, 2.24) is 10.1 Å². The molecule has 0 aliphatic carbocycles. The first-order valence-electron chi connectivity index (χ1n) is 8.03. The number of benzene rings is 1. The van der Waals surface area contributed by atoms with Crippen molar-refractivity contribution in [3.05, 3.63) is 52.9 Å². The topological polar surface area (TPSA) is 83.6 Å². The van der Waals surface area contributed by atoms with E-state index < -0.39 is 5.97 Å². The largest absolute Gasteiger partial charge is 0.478 e. The highest BCUT2D eigenvalue weighted by atomic mass is 16.5. The molecule has 0 bridgehead atoms. The number of carboxylic acids is 1. The van der Waals surface area contributed by atoms with Crippen LogP contribution in [0.5, 0.6) is 0 Å². The standard InChI is InChI=1S/C18H20N2O4/c1-12-7-16(24-19-12)10-17(21)20-6-5-14(11-20)8-13-3-2-4-15(9-13)18(22)23/h2-4,7,9,14H,5-6,8,10-11H2,1H3,(H,22,23). The molecule has 2 heterocycles. The van der Waals surface area contributed by atoms with Crippen LogP contribution in [0.3, 0.4) is 0 Å². The lowest BCUT2D eigenvalue weighted by Gasteiger charge is -2.16. The summed E-state index contributed by atoms with van der Waals surface area (Å²) in [5.74, 6) is 0.0833. The smallest absolute Gasteiger partial charge is 0.335 e. The molecule has 0 saturated carbocycles. The summed E-state index contributed by atoms with van der Waals surface area (Å²) < 4.78 is 5.10. The predicted molar refractivity (Wildman–Crippen MR) is 86.7 cm³/mol. The summed E-state index contributed by atoms with van der Waals surface area (Å²) in [6.07, 6.45) is 1.95. The van der Waals surface area contributed by atoms with Gasteiger partial charge in [0.1, 0.15) is 5.76 Å². The van der Waals surface area contributed by atoms with E-state index >= 15 is 0 Å². The molecule has 1 aromatic carbocycles. The van der Waals surface area contributed by atoms with E-state index in [1.165, 1.54) is 0 Å². The molecular formula is C18H20N2O4. The monoisotopic (exact) mass is 328 g/mol. The normalized spacial score (nSPS) is 17.2. The van der Waals surface area contributed by atoms with Crippen molar-refractivity contribution in [3.63, 3.8) is 0 Å². The molecule has 6 nitrogen and oxygen atoms in total. The molecule has 1 aliphatic rings. The second-order valence-electron chi connectivity index (χ2n) is 6.32. The number of amides is 1. The maximum absolute atomic E-state index is 12.3. The van der Waals surface area contributed by atoms with E-state index in [1.807, 2.05) is 17.9 Å². The molecule has 24 heavy (non-hydrogen) atoms. The number of hydrogen-bond acceptors (Lipinski definition) is 4. The maximum Gasteiger partial charge on any atom is 0.335 e. The van der Waals surface area contributed by atoms with Gasteiger partial charge in [-0.15, -0.1) is 0 Å². The van der Waals surface area contributed by atoms with Crippen LogP contribution >= 0.6 is 0 Å². The third kappa shape index (κ3) is 3.82. The lowest BCUT2D eigenvalue weighted by molar-refractivity contribution is -0.129. The van der Waals surface area contributed by atoms with E-state index in [0.29, 0.717) is 23.8 Å². The Labute approximate surface area is 140 Å². The zero-order valence-corrected chi connectivity index (χ0v) is 13.6. The van der Waals surface area contributed by atoms with Crippen molar-refractivity contribution in [2.24, 2.45) is 5.92 Å². The Morgan fingerprint density at radius 3 is 2.92 bits per heavy atom. The van der Waals surface area contributed by atoms with Gasteiger partial charge >= 0.3 is 5.97 Å². The Bertz CT molecular complexity index is 753. The minimum Gasteiger partial charge on any atom is -0.478 e. The quantitative estimate of drug-likeness (QED) is 0.910. The van der Waals surface area contributed by atoms with Crippen LogP contribution in [0.15, 0.2) is 34.9 Å². The summed E-state index contributed by atoms with van der Waals surface area (Å²) >= 11 is 0. The number of rotatable bonds is 5. The van der Waals surface area contributed by atoms with Crippen LogP contribution in [0.4, 0.5) is 0 Å². The van der Waals surface area contributed by atoms with E-state index in [9.17, 15) is 9.59 Å². The van der Waals surface area contributed by atoms with Gasteiger partial charge in [0.15, 0.2) is 0 Å². The van der Waals surface area contributed by atoms with Crippen LogP contribution < -0.4 is 0 Å². The minimum absolute atomic E-state index is 0.0490. The molecule has 1 atom stereocenters. The van der Waals surface area contributed by atoms with Crippen molar-refractivity contribution < 1.29 is 19.2 Å². The summed E-state index contributed by atoms with van der Waals surface area (Å²) in [5.41, 5.74) is 2.08. The molecular weight excluding hydrogens is 308 g/mol. The van der Waals surface area contributed by atoms with Crippen LogP contribution in [0.25, 0.3) is 0 Å². The molecule has 0 spiro atoms. The Kier molecular flexibility index (Phi) is 4.64. The van der Waals surface area contributed by atoms with Gasteiger partial charge in [-0.05, 0) is 43.4 Å². The molecule has 1 aromatic heterocycles. The van der Waals surface area contributed by atoms with Gasteiger partial charge in [-0.1, -0.05) is 17.3 Å². The highest BCUT2D eigenvalue weighted by Gasteiger charge is 2.27. The average Bonchev–Trinajstić information content (AvgIpc) is 3.17. The Morgan fingerprint density at radius 1 is 1.38 bits per heavy atom. The minimum atomic E-state index is -0.914. The number of carbonyl (C=O) groups excluding carboxylic acids is 1. The number of aryl methyl sites for hydroxylation is 1. The first kappa shape index (κ1) is 16.2. The number of nitrogens with zero attached hydrogens (tertiary/aromatic N) is 2. The third-order valence-corrected chi connectivity index (χ3v) is 4.34. The number of likely N-dealkylation sites (tertiary alicyclic amines) is 1. The Hall–Kier alpha value is -2.63.